The van der Waals surface area contributed by atoms with Crippen LogP contribution < -0.4 is 0 Å². The van der Waals surface area contributed by atoms with Crippen LogP contribution in [0.3, 0.4) is 0 Å². The van der Waals surface area contributed by atoms with Gasteiger partial charge >= 0.3 is 60.4 Å². The van der Waals surface area contributed by atoms with Gasteiger partial charge in [-0.25, -0.2) is 0 Å². The molecule has 21 heavy (non-hydrogen) atoms. The topological polar surface area (TPSA) is 63.6 Å². The Labute approximate surface area is 163 Å². The molecular formula is C15H30LiNaO4. The fourth-order valence-corrected chi connectivity index (χ4v) is 1.96. The van der Waals surface area contributed by atoms with E-state index in [9.17, 15) is 9.59 Å². The molecule has 1 unspecified atom stereocenters. The van der Waals surface area contributed by atoms with Crippen LogP contribution in [0.25, 0.3) is 0 Å². The van der Waals surface area contributed by atoms with Crippen LogP contribution in [0.2, 0.25) is 0 Å². The first-order valence-corrected chi connectivity index (χ1v) is 7.25. The zero-order valence-electron chi connectivity index (χ0n) is 12.7. The van der Waals surface area contributed by atoms with Crippen molar-refractivity contribution in [3.63, 3.8) is 0 Å². The summed E-state index contributed by atoms with van der Waals surface area (Å²) in [6, 6.07) is 0. The minimum atomic E-state index is -1.14. The van der Waals surface area contributed by atoms with Crippen molar-refractivity contribution in [3.8, 4) is 0 Å². The molecule has 0 heterocycles. The second kappa shape index (κ2) is 14.2. The molecule has 6 heteroatoms. The van der Waals surface area contributed by atoms with Gasteiger partial charge in [0.05, 0.1) is 0 Å². The predicted molar refractivity (Wildman–Crippen MR) is 89.3 cm³/mol. The van der Waals surface area contributed by atoms with E-state index in [-0.39, 0.29) is 54.3 Å². The van der Waals surface area contributed by atoms with Crippen molar-refractivity contribution in [2.24, 2.45) is 5.92 Å². The number of aliphatic carboxylic acids is 1. The van der Waals surface area contributed by atoms with Crippen LogP contribution in [-0.4, -0.2) is 71.1 Å². The Bertz CT molecular complexity index is 297. The predicted octanol–water partition coefficient (Wildman–Crippen LogP) is 2.48. The molecule has 4 nitrogen and oxygen atoms in total. The zero-order chi connectivity index (χ0) is 14.9. The average Bonchev–Trinajstić information content (AvgIpc) is 2.27. The van der Waals surface area contributed by atoms with E-state index in [1.54, 1.807) is 0 Å². The molecular weight excluding hydrogens is 274 g/mol. The number of carbonyl (C=O) groups excluding carboxylic acids is 1. The number of carboxylic acids is 1. The van der Waals surface area contributed by atoms with Crippen molar-refractivity contribution in [2.45, 2.75) is 78.2 Å². The first-order chi connectivity index (χ1) is 8.81. The van der Waals surface area contributed by atoms with Crippen LogP contribution in [0.5, 0.6) is 0 Å². The molecule has 0 spiro atoms. The summed E-state index contributed by atoms with van der Waals surface area (Å²) in [5.41, 5.74) is -0.557. The first-order valence-electron chi connectivity index (χ1n) is 7.25. The summed E-state index contributed by atoms with van der Waals surface area (Å²) in [5.74, 6) is -1.60. The molecule has 1 N–H and O–H groups in total. The van der Waals surface area contributed by atoms with Gasteiger partial charge in [0, 0.05) is 0 Å². The number of hydrogen-bond donors (Lipinski definition) is 1. The molecule has 0 aromatic rings. The van der Waals surface area contributed by atoms with Crippen molar-refractivity contribution in [1.29, 1.82) is 0 Å². The van der Waals surface area contributed by atoms with E-state index in [1.165, 1.54) is 19.3 Å². The molecule has 0 rings (SSSR count). The average molecular weight is 304 g/mol. The summed E-state index contributed by atoms with van der Waals surface area (Å²) < 4.78 is 5.40. The Balaban J connectivity index is -0.00000162. The molecule has 0 aromatic heterocycles. The Morgan fingerprint density at radius 2 is 1.67 bits per heavy atom. The molecule has 0 bridgehead atoms. The molecule has 1 atom stereocenters. The standard InChI is InChI=1S/C15H28O4.Li.Na.2H/c1-5-6-7-8-9-10-15(4,12(2)3)19-14(18)11-13(16)17;;;;/h12H,5-11H2,1-4H3,(H,16,17);;;;. The second-order valence-corrected chi connectivity index (χ2v) is 5.68. The SMILES string of the molecule is CCCCCCCC(C)(OC(=O)CC(=O)O)C(C)C.[LiH].[NaH]. The van der Waals surface area contributed by atoms with Gasteiger partial charge in [-0.2, -0.15) is 0 Å². The van der Waals surface area contributed by atoms with Gasteiger partial charge < -0.3 is 9.84 Å². The maximum atomic E-state index is 11.5. The van der Waals surface area contributed by atoms with Gasteiger partial charge in [-0.1, -0.05) is 46.5 Å². The number of carbonyl (C=O) groups is 2. The van der Waals surface area contributed by atoms with Crippen molar-refractivity contribution >= 4 is 60.4 Å². The van der Waals surface area contributed by atoms with E-state index in [1.807, 2.05) is 20.8 Å². The van der Waals surface area contributed by atoms with Gasteiger partial charge in [0.1, 0.15) is 12.0 Å². The first kappa shape index (κ1) is 26.4. The monoisotopic (exact) mass is 304 g/mol. The number of rotatable bonds is 10. The van der Waals surface area contributed by atoms with Gasteiger partial charge in [0.2, 0.25) is 0 Å². The molecule has 0 aromatic carbocycles. The van der Waals surface area contributed by atoms with E-state index in [0.717, 1.165) is 19.3 Å². The van der Waals surface area contributed by atoms with Gasteiger partial charge in [0.15, 0.2) is 0 Å². The fourth-order valence-electron chi connectivity index (χ4n) is 1.96. The van der Waals surface area contributed by atoms with E-state index < -0.39 is 24.0 Å². The van der Waals surface area contributed by atoms with Gasteiger partial charge in [0.25, 0.3) is 0 Å². The van der Waals surface area contributed by atoms with E-state index in [4.69, 9.17) is 9.84 Å². The van der Waals surface area contributed by atoms with Gasteiger partial charge in [-0.05, 0) is 25.7 Å². The summed E-state index contributed by atoms with van der Waals surface area (Å²) in [4.78, 5) is 22.0. The minimum absolute atomic E-state index is 0. The van der Waals surface area contributed by atoms with Gasteiger partial charge in [-0.3, -0.25) is 9.59 Å². The number of esters is 1. The van der Waals surface area contributed by atoms with Crippen molar-refractivity contribution in [2.75, 3.05) is 0 Å². The molecule has 116 valence electrons. The van der Waals surface area contributed by atoms with Crippen LogP contribution in [0.4, 0.5) is 0 Å². The van der Waals surface area contributed by atoms with E-state index >= 15 is 0 Å². The Hall–Kier alpha value is 0.537. The number of unbranched alkanes of at least 4 members (excludes halogenated alkanes) is 4. The fraction of sp³-hybridized carbons (Fsp3) is 0.867. The molecule has 0 aliphatic heterocycles. The molecule has 0 saturated heterocycles. The summed E-state index contributed by atoms with van der Waals surface area (Å²) in [6.45, 7) is 8.07. The summed E-state index contributed by atoms with van der Waals surface area (Å²) in [6.07, 6.45) is 6.01. The zero-order valence-corrected chi connectivity index (χ0v) is 12.7. The van der Waals surface area contributed by atoms with Gasteiger partial charge in [-0.15, -0.1) is 0 Å². The summed E-state index contributed by atoms with van der Waals surface area (Å²) >= 11 is 0. The third-order valence-electron chi connectivity index (χ3n) is 3.64. The molecule has 0 aliphatic rings. The van der Waals surface area contributed by atoms with Crippen molar-refractivity contribution in [1.82, 2.24) is 0 Å². The molecule has 0 saturated carbocycles. The quantitative estimate of drug-likeness (QED) is 0.291. The molecule has 0 fully saturated rings. The van der Waals surface area contributed by atoms with Crippen molar-refractivity contribution < 1.29 is 19.4 Å². The number of carboxylic acid groups (broad SMARTS) is 1. The summed E-state index contributed by atoms with van der Waals surface area (Å²) in [5, 5.41) is 8.59. The normalized spacial score (nSPS) is 12.8. The maximum absolute atomic E-state index is 11.5. The Morgan fingerprint density at radius 1 is 1.14 bits per heavy atom. The van der Waals surface area contributed by atoms with Crippen LogP contribution in [-0.2, 0) is 14.3 Å². The Kier molecular flexibility index (Phi) is 17.8. The third-order valence-corrected chi connectivity index (χ3v) is 3.64. The number of ether oxygens (including phenoxy) is 1. The second-order valence-electron chi connectivity index (χ2n) is 5.68. The van der Waals surface area contributed by atoms with Crippen LogP contribution in [0.15, 0.2) is 0 Å². The Morgan fingerprint density at radius 3 is 2.10 bits per heavy atom. The van der Waals surface area contributed by atoms with Crippen LogP contribution in [0, 0.1) is 5.92 Å². The number of hydrogen-bond acceptors (Lipinski definition) is 3. The van der Waals surface area contributed by atoms with Crippen molar-refractivity contribution in [3.05, 3.63) is 0 Å². The molecule has 0 aliphatic carbocycles. The molecule has 0 amide bonds. The van der Waals surface area contributed by atoms with Crippen LogP contribution >= 0.6 is 0 Å². The van der Waals surface area contributed by atoms with E-state index in [0.29, 0.717) is 0 Å². The van der Waals surface area contributed by atoms with Crippen LogP contribution in [0.1, 0.15) is 72.6 Å². The van der Waals surface area contributed by atoms with E-state index in [2.05, 4.69) is 6.92 Å². The molecule has 0 radical (unpaired) electrons. The third kappa shape index (κ3) is 12.7. The summed E-state index contributed by atoms with van der Waals surface area (Å²) in [7, 11) is 0.